The predicted molar refractivity (Wildman–Crippen MR) is 111 cm³/mol. The van der Waals surface area contributed by atoms with Gasteiger partial charge in [0.05, 0.1) is 0 Å². The minimum absolute atomic E-state index is 0.235. The minimum atomic E-state index is -0.438. The topological polar surface area (TPSA) is 81.5 Å². The van der Waals surface area contributed by atoms with Gasteiger partial charge >= 0.3 is 0 Å². The first-order chi connectivity index (χ1) is 13.1. The number of aliphatic imine (C=N–C) groups is 1. The molecular weight excluding hydrogens is 334 g/mol. The molecule has 0 saturated carbocycles. The smallest absolute Gasteiger partial charge is 0.280 e. The first kappa shape index (κ1) is 16.8. The summed E-state index contributed by atoms with van der Waals surface area (Å²) in [5, 5.41) is 2.07. The highest BCUT2D eigenvalue weighted by atomic mass is 16.1. The fourth-order valence-electron chi connectivity index (χ4n) is 3.44. The lowest BCUT2D eigenvalue weighted by atomic mass is 9.92. The van der Waals surface area contributed by atoms with Crippen molar-refractivity contribution in [2.45, 2.75) is 6.42 Å². The van der Waals surface area contributed by atoms with E-state index in [9.17, 15) is 4.79 Å². The third-order valence-electron chi connectivity index (χ3n) is 4.71. The zero-order chi connectivity index (χ0) is 18.8. The van der Waals surface area contributed by atoms with E-state index in [4.69, 9.17) is 11.5 Å². The first-order valence-corrected chi connectivity index (χ1v) is 8.74. The van der Waals surface area contributed by atoms with Crippen molar-refractivity contribution in [3.8, 4) is 0 Å². The molecule has 1 aliphatic rings. The van der Waals surface area contributed by atoms with Crippen molar-refractivity contribution in [2.75, 3.05) is 0 Å². The molecule has 0 atom stereocenters. The number of hydrogen-bond acceptors (Lipinski definition) is 1. The maximum absolute atomic E-state index is 12.2. The van der Waals surface area contributed by atoms with Gasteiger partial charge in [-0.15, -0.1) is 0 Å². The van der Waals surface area contributed by atoms with E-state index in [1.807, 2.05) is 30.3 Å². The Balaban J connectivity index is 1.82. The monoisotopic (exact) mass is 353 g/mol. The van der Waals surface area contributed by atoms with Crippen molar-refractivity contribution in [1.29, 1.82) is 0 Å². The van der Waals surface area contributed by atoms with E-state index in [0.29, 0.717) is 5.56 Å². The maximum atomic E-state index is 12.2. The molecule has 0 radical (unpaired) electrons. The number of rotatable bonds is 2. The van der Waals surface area contributed by atoms with Gasteiger partial charge < -0.3 is 11.5 Å². The summed E-state index contributed by atoms with van der Waals surface area (Å²) in [6.45, 7) is 0. The maximum Gasteiger partial charge on any atom is 0.280 e. The average Bonchev–Trinajstić information content (AvgIpc) is 2.89. The lowest BCUT2D eigenvalue weighted by Gasteiger charge is -2.12. The van der Waals surface area contributed by atoms with Crippen molar-refractivity contribution in [2.24, 2.45) is 16.5 Å². The Labute approximate surface area is 157 Å². The van der Waals surface area contributed by atoms with Crippen LogP contribution in [0.15, 0.2) is 77.8 Å². The molecule has 27 heavy (non-hydrogen) atoms. The fraction of sp³-hybridized carbons (Fsp3) is 0.0435. The second-order valence-corrected chi connectivity index (χ2v) is 6.51. The van der Waals surface area contributed by atoms with Gasteiger partial charge in [-0.2, -0.15) is 4.99 Å². The summed E-state index contributed by atoms with van der Waals surface area (Å²) in [6, 6.07) is 20.1. The van der Waals surface area contributed by atoms with E-state index in [0.717, 1.165) is 22.8 Å². The number of allylic oxidation sites excluding steroid dienone is 3. The van der Waals surface area contributed by atoms with Gasteiger partial charge in [-0.1, -0.05) is 66.8 Å². The van der Waals surface area contributed by atoms with Gasteiger partial charge in [-0.3, -0.25) is 4.79 Å². The summed E-state index contributed by atoms with van der Waals surface area (Å²) < 4.78 is 0. The number of carbonyl (C=O) groups is 1. The Hall–Kier alpha value is -3.66. The quantitative estimate of drug-likeness (QED) is 0.541. The molecule has 0 unspecified atom stereocenters. The van der Waals surface area contributed by atoms with Crippen LogP contribution >= 0.6 is 0 Å². The van der Waals surface area contributed by atoms with E-state index in [1.165, 1.54) is 16.7 Å². The average molecular weight is 353 g/mol. The van der Waals surface area contributed by atoms with E-state index in [2.05, 4.69) is 47.5 Å². The summed E-state index contributed by atoms with van der Waals surface area (Å²) in [6.07, 6.45) is 7.17. The van der Waals surface area contributed by atoms with Gasteiger partial charge in [0.2, 0.25) is 0 Å². The number of nitrogens with zero attached hydrogens (tertiary/aromatic N) is 1. The molecule has 0 aliphatic heterocycles. The van der Waals surface area contributed by atoms with Crippen molar-refractivity contribution in [3.63, 3.8) is 0 Å². The van der Waals surface area contributed by atoms with Crippen LogP contribution in [0, 0.1) is 0 Å². The van der Waals surface area contributed by atoms with Crippen molar-refractivity contribution in [1.82, 2.24) is 0 Å². The van der Waals surface area contributed by atoms with Crippen LogP contribution in [0.5, 0.6) is 0 Å². The molecule has 4 heteroatoms. The molecule has 3 aromatic rings. The predicted octanol–water partition coefficient (Wildman–Crippen LogP) is 3.91. The second-order valence-electron chi connectivity index (χ2n) is 6.51. The van der Waals surface area contributed by atoms with Crippen molar-refractivity contribution in [3.05, 3.63) is 95.1 Å². The van der Waals surface area contributed by atoms with Crippen LogP contribution in [0.2, 0.25) is 0 Å². The first-order valence-electron chi connectivity index (χ1n) is 8.74. The summed E-state index contributed by atoms with van der Waals surface area (Å²) in [7, 11) is 0. The molecule has 0 aromatic heterocycles. The van der Waals surface area contributed by atoms with E-state index >= 15 is 0 Å². The number of hydrogen-bond donors (Lipinski definition) is 2. The molecule has 1 aliphatic carbocycles. The van der Waals surface area contributed by atoms with Crippen molar-refractivity contribution >= 4 is 34.3 Å². The molecule has 0 saturated heterocycles. The Morgan fingerprint density at radius 2 is 1.81 bits per heavy atom. The number of nitrogens with two attached hydrogens (primary N) is 2. The molecular formula is C23H19N3O. The molecule has 4 N–H and O–H groups in total. The fourth-order valence-corrected chi connectivity index (χ4v) is 3.44. The van der Waals surface area contributed by atoms with Crippen LogP contribution in [0.1, 0.15) is 27.0 Å². The van der Waals surface area contributed by atoms with Crippen LogP contribution < -0.4 is 11.5 Å². The standard InChI is InChI=1S/C23H19N3O/c24-23(25)26-22(27)19-12-11-16-8-4-10-20(21(16)14-19)18-9-3-7-15-5-1-2-6-17(15)13-18/h1-12,14H,13H2,(H4,24,25,26,27). The van der Waals surface area contributed by atoms with Gasteiger partial charge in [0.15, 0.2) is 5.96 Å². The molecule has 0 fully saturated rings. The molecule has 132 valence electrons. The largest absolute Gasteiger partial charge is 0.370 e. The van der Waals surface area contributed by atoms with E-state index in [-0.39, 0.29) is 5.96 Å². The Kier molecular flexibility index (Phi) is 4.30. The summed E-state index contributed by atoms with van der Waals surface area (Å²) in [4.78, 5) is 15.9. The lowest BCUT2D eigenvalue weighted by molar-refractivity contribution is 0.100. The molecule has 4 nitrogen and oxygen atoms in total. The molecule has 1 amide bonds. The second kappa shape index (κ2) is 6.92. The number of benzene rings is 3. The van der Waals surface area contributed by atoms with E-state index in [1.54, 1.807) is 6.07 Å². The molecule has 0 bridgehead atoms. The van der Waals surface area contributed by atoms with Crippen LogP contribution in [0.25, 0.3) is 22.4 Å². The molecule has 0 heterocycles. The Bertz CT molecular complexity index is 1140. The third-order valence-corrected chi connectivity index (χ3v) is 4.71. The lowest BCUT2D eigenvalue weighted by Crippen LogP contribution is -2.24. The number of carbonyl (C=O) groups excluding carboxylic acids is 1. The zero-order valence-electron chi connectivity index (χ0n) is 14.7. The highest BCUT2D eigenvalue weighted by molar-refractivity contribution is 6.05. The normalized spacial score (nSPS) is 12.8. The molecule has 4 rings (SSSR count). The van der Waals surface area contributed by atoms with Gasteiger partial charge in [0.1, 0.15) is 0 Å². The Morgan fingerprint density at radius 1 is 0.963 bits per heavy atom. The van der Waals surface area contributed by atoms with Crippen LogP contribution in [-0.4, -0.2) is 11.9 Å². The van der Waals surface area contributed by atoms with Crippen LogP contribution in [0.4, 0.5) is 0 Å². The van der Waals surface area contributed by atoms with Crippen molar-refractivity contribution < 1.29 is 4.79 Å². The summed E-state index contributed by atoms with van der Waals surface area (Å²) >= 11 is 0. The van der Waals surface area contributed by atoms with E-state index < -0.39 is 5.91 Å². The molecule has 3 aromatic carbocycles. The summed E-state index contributed by atoms with van der Waals surface area (Å²) in [5.74, 6) is -0.673. The van der Waals surface area contributed by atoms with Crippen LogP contribution in [0.3, 0.4) is 0 Å². The highest BCUT2D eigenvalue weighted by Crippen LogP contribution is 2.31. The number of fused-ring (bicyclic) bond motifs is 2. The van der Waals surface area contributed by atoms with Gasteiger partial charge in [-0.05, 0) is 51.6 Å². The number of guanidine groups is 1. The van der Waals surface area contributed by atoms with Crippen LogP contribution in [-0.2, 0) is 6.42 Å². The van der Waals surface area contributed by atoms with Gasteiger partial charge in [0, 0.05) is 5.56 Å². The summed E-state index contributed by atoms with van der Waals surface area (Å²) in [5.41, 5.74) is 16.0. The zero-order valence-corrected chi connectivity index (χ0v) is 14.7. The van der Waals surface area contributed by atoms with Gasteiger partial charge in [-0.25, -0.2) is 0 Å². The highest BCUT2D eigenvalue weighted by Gasteiger charge is 2.13. The third kappa shape index (κ3) is 3.37. The minimum Gasteiger partial charge on any atom is -0.370 e. The Morgan fingerprint density at radius 3 is 2.67 bits per heavy atom. The SMILES string of the molecule is NC(N)=NC(=O)c1ccc2cccc(C3=CC=Cc4ccccc4C3)c2c1. The molecule has 0 spiro atoms. The number of amides is 1. The van der Waals surface area contributed by atoms with Gasteiger partial charge in [0.25, 0.3) is 5.91 Å².